The van der Waals surface area contributed by atoms with Crippen molar-refractivity contribution in [3.05, 3.63) is 29.8 Å². The molecular formula is C14H24N2O. The second kappa shape index (κ2) is 8.09. The number of hydrogen-bond acceptors (Lipinski definition) is 3. The lowest BCUT2D eigenvalue weighted by atomic mass is 10.0. The standard InChI is InChI=1S/C14H24N2O/c1-3-4-5-6-10-14(16-15)12-8-7-9-13(11-12)17-2/h7-9,11,14,16H,3-6,10,15H2,1-2H3. The van der Waals surface area contributed by atoms with Gasteiger partial charge in [-0.3, -0.25) is 11.3 Å². The molecule has 0 amide bonds. The molecule has 0 aliphatic heterocycles. The first-order valence-electron chi connectivity index (χ1n) is 6.42. The highest BCUT2D eigenvalue weighted by Gasteiger charge is 2.09. The topological polar surface area (TPSA) is 47.3 Å². The molecule has 0 heterocycles. The van der Waals surface area contributed by atoms with Gasteiger partial charge in [-0.2, -0.15) is 0 Å². The second-order valence-corrected chi connectivity index (χ2v) is 4.35. The van der Waals surface area contributed by atoms with Gasteiger partial charge >= 0.3 is 0 Å². The molecular weight excluding hydrogens is 212 g/mol. The quantitative estimate of drug-likeness (QED) is 0.414. The van der Waals surface area contributed by atoms with Crippen LogP contribution in [0.25, 0.3) is 0 Å². The van der Waals surface area contributed by atoms with Crippen LogP contribution in [0.3, 0.4) is 0 Å². The summed E-state index contributed by atoms with van der Waals surface area (Å²) in [4.78, 5) is 0. The van der Waals surface area contributed by atoms with Crippen molar-refractivity contribution in [2.75, 3.05) is 7.11 Å². The predicted octanol–water partition coefficient (Wildman–Crippen LogP) is 3.17. The molecule has 0 spiro atoms. The molecule has 1 aromatic rings. The van der Waals surface area contributed by atoms with Crippen LogP contribution in [-0.4, -0.2) is 7.11 Å². The third kappa shape index (κ3) is 4.75. The summed E-state index contributed by atoms with van der Waals surface area (Å²) < 4.78 is 5.22. The van der Waals surface area contributed by atoms with E-state index in [0.717, 1.165) is 12.2 Å². The Morgan fingerprint density at radius 3 is 2.76 bits per heavy atom. The number of hydrogen-bond donors (Lipinski definition) is 2. The monoisotopic (exact) mass is 236 g/mol. The fourth-order valence-corrected chi connectivity index (χ4v) is 1.98. The summed E-state index contributed by atoms with van der Waals surface area (Å²) in [6.07, 6.45) is 6.12. The molecule has 3 N–H and O–H groups in total. The predicted molar refractivity (Wildman–Crippen MR) is 71.8 cm³/mol. The molecule has 96 valence electrons. The molecule has 0 aliphatic rings. The van der Waals surface area contributed by atoms with Gasteiger partial charge in [0.25, 0.3) is 0 Å². The molecule has 0 bridgehead atoms. The van der Waals surface area contributed by atoms with Crippen LogP contribution >= 0.6 is 0 Å². The van der Waals surface area contributed by atoms with Crippen LogP contribution in [0.5, 0.6) is 5.75 Å². The van der Waals surface area contributed by atoms with Gasteiger partial charge in [0.15, 0.2) is 0 Å². The maximum Gasteiger partial charge on any atom is 0.119 e. The van der Waals surface area contributed by atoms with E-state index in [4.69, 9.17) is 10.6 Å². The van der Waals surface area contributed by atoms with Crippen molar-refractivity contribution in [2.24, 2.45) is 5.84 Å². The van der Waals surface area contributed by atoms with Crippen molar-refractivity contribution >= 4 is 0 Å². The van der Waals surface area contributed by atoms with E-state index in [-0.39, 0.29) is 6.04 Å². The van der Waals surface area contributed by atoms with Gasteiger partial charge in [0.1, 0.15) is 5.75 Å². The summed E-state index contributed by atoms with van der Waals surface area (Å²) in [6, 6.07) is 8.32. The van der Waals surface area contributed by atoms with Gasteiger partial charge in [-0.1, -0.05) is 44.7 Å². The van der Waals surface area contributed by atoms with Gasteiger partial charge in [-0.05, 0) is 24.1 Å². The molecule has 3 nitrogen and oxygen atoms in total. The number of ether oxygens (including phenoxy) is 1. The Bertz CT molecular complexity index is 315. The highest BCUT2D eigenvalue weighted by Crippen LogP contribution is 2.23. The fraction of sp³-hybridized carbons (Fsp3) is 0.571. The second-order valence-electron chi connectivity index (χ2n) is 4.35. The van der Waals surface area contributed by atoms with Crippen molar-refractivity contribution in [2.45, 2.75) is 45.1 Å². The van der Waals surface area contributed by atoms with Gasteiger partial charge in [0.2, 0.25) is 0 Å². The Morgan fingerprint density at radius 1 is 1.29 bits per heavy atom. The molecule has 1 aromatic carbocycles. The van der Waals surface area contributed by atoms with Crippen LogP contribution in [0.1, 0.15) is 50.6 Å². The van der Waals surface area contributed by atoms with E-state index in [0.29, 0.717) is 0 Å². The molecule has 0 radical (unpaired) electrons. The molecule has 17 heavy (non-hydrogen) atoms. The minimum absolute atomic E-state index is 0.224. The van der Waals surface area contributed by atoms with E-state index in [9.17, 15) is 0 Å². The maximum atomic E-state index is 5.62. The number of hydrazine groups is 1. The summed E-state index contributed by atoms with van der Waals surface area (Å²) in [6.45, 7) is 2.22. The molecule has 0 saturated carbocycles. The van der Waals surface area contributed by atoms with E-state index in [1.807, 2.05) is 18.2 Å². The van der Waals surface area contributed by atoms with E-state index in [1.54, 1.807) is 7.11 Å². The van der Waals surface area contributed by atoms with Gasteiger partial charge in [-0.15, -0.1) is 0 Å². The van der Waals surface area contributed by atoms with Crippen molar-refractivity contribution < 1.29 is 4.74 Å². The number of nitrogens with one attached hydrogen (secondary N) is 1. The first-order valence-corrected chi connectivity index (χ1v) is 6.42. The molecule has 1 atom stereocenters. The fourth-order valence-electron chi connectivity index (χ4n) is 1.98. The zero-order chi connectivity index (χ0) is 12.5. The number of rotatable bonds is 8. The number of methoxy groups -OCH3 is 1. The zero-order valence-corrected chi connectivity index (χ0v) is 10.9. The average Bonchev–Trinajstić information content (AvgIpc) is 2.39. The Labute approximate surface area is 104 Å². The van der Waals surface area contributed by atoms with Gasteiger partial charge in [0, 0.05) is 6.04 Å². The van der Waals surface area contributed by atoms with Gasteiger partial charge in [0.05, 0.1) is 7.11 Å². The first kappa shape index (κ1) is 14.0. The lowest BCUT2D eigenvalue weighted by Crippen LogP contribution is -2.27. The van der Waals surface area contributed by atoms with E-state index < -0.39 is 0 Å². The van der Waals surface area contributed by atoms with Crippen LogP contribution in [0.15, 0.2) is 24.3 Å². The maximum absolute atomic E-state index is 5.62. The minimum Gasteiger partial charge on any atom is -0.497 e. The van der Waals surface area contributed by atoms with Crippen LogP contribution in [0.4, 0.5) is 0 Å². The summed E-state index contributed by atoms with van der Waals surface area (Å²) in [7, 11) is 1.69. The third-order valence-electron chi connectivity index (χ3n) is 3.04. The summed E-state index contributed by atoms with van der Waals surface area (Å²) >= 11 is 0. The molecule has 1 unspecified atom stereocenters. The molecule has 1 rings (SSSR count). The van der Waals surface area contributed by atoms with Gasteiger partial charge in [-0.25, -0.2) is 0 Å². The Balaban J connectivity index is 2.53. The van der Waals surface area contributed by atoms with Gasteiger partial charge < -0.3 is 4.74 Å². The highest BCUT2D eigenvalue weighted by atomic mass is 16.5. The lowest BCUT2D eigenvalue weighted by Gasteiger charge is -2.16. The van der Waals surface area contributed by atoms with Crippen molar-refractivity contribution in [1.29, 1.82) is 0 Å². The normalized spacial score (nSPS) is 12.4. The minimum atomic E-state index is 0.224. The molecule has 3 heteroatoms. The molecule has 0 aliphatic carbocycles. The lowest BCUT2D eigenvalue weighted by molar-refractivity contribution is 0.411. The number of benzene rings is 1. The molecule has 0 fully saturated rings. The largest absolute Gasteiger partial charge is 0.497 e. The Morgan fingerprint density at radius 2 is 2.12 bits per heavy atom. The summed E-state index contributed by atoms with van der Waals surface area (Å²) in [5.41, 5.74) is 4.09. The van der Waals surface area contributed by atoms with E-state index in [2.05, 4.69) is 18.4 Å². The van der Waals surface area contributed by atoms with E-state index >= 15 is 0 Å². The third-order valence-corrected chi connectivity index (χ3v) is 3.04. The van der Waals surface area contributed by atoms with Crippen molar-refractivity contribution in [3.63, 3.8) is 0 Å². The SMILES string of the molecule is CCCCCCC(NN)c1cccc(OC)c1. The summed E-state index contributed by atoms with van der Waals surface area (Å²) in [5, 5.41) is 0. The first-order chi connectivity index (χ1) is 8.31. The zero-order valence-electron chi connectivity index (χ0n) is 10.9. The van der Waals surface area contributed by atoms with E-state index in [1.165, 1.54) is 31.2 Å². The summed E-state index contributed by atoms with van der Waals surface area (Å²) in [5.74, 6) is 6.51. The average molecular weight is 236 g/mol. The van der Waals surface area contributed by atoms with Crippen LogP contribution in [0, 0.1) is 0 Å². The Hall–Kier alpha value is -1.06. The molecule has 0 saturated heterocycles. The van der Waals surface area contributed by atoms with Crippen molar-refractivity contribution in [3.8, 4) is 5.75 Å². The number of unbranched alkanes of at least 4 members (excludes halogenated alkanes) is 3. The van der Waals surface area contributed by atoms with Crippen LogP contribution in [0.2, 0.25) is 0 Å². The van der Waals surface area contributed by atoms with Crippen LogP contribution < -0.4 is 16.0 Å². The van der Waals surface area contributed by atoms with Crippen LogP contribution in [-0.2, 0) is 0 Å². The highest BCUT2D eigenvalue weighted by molar-refractivity contribution is 5.30. The Kier molecular flexibility index (Phi) is 6.67. The number of nitrogens with two attached hydrogens (primary N) is 1. The van der Waals surface area contributed by atoms with Crippen molar-refractivity contribution in [1.82, 2.24) is 5.43 Å². The smallest absolute Gasteiger partial charge is 0.119 e. The molecule has 0 aromatic heterocycles.